The van der Waals surface area contributed by atoms with Crippen LogP contribution in [0, 0.1) is 5.82 Å². The lowest BCUT2D eigenvalue weighted by atomic mass is 10.1. The maximum absolute atomic E-state index is 13.1. The van der Waals surface area contributed by atoms with Crippen molar-refractivity contribution in [3.8, 4) is 17.2 Å². The molecule has 2 rings (SSSR count). The van der Waals surface area contributed by atoms with Crippen LogP contribution in [0.3, 0.4) is 0 Å². The van der Waals surface area contributed by atoms with Crippen LogP contribution >= 0.6 is 24.0 Å². The van der Waals surface area contributed by atoms with Crippen LogP contribution in [-0.4, -0.2) is 46.3 Å². The number of hydrogen-bond donors (Lipinski definition) is 1. The van der Waals surface area contributed by atoms with E-state index >= 15 is 0 Å². The smallest absolute Gasteiger partial charge is 0.203 e. The third-order valence-corrected chi connectivity index (χ3v) is 4.08. The highest BCUT2D eigenvalue weighted by molar-refractivity contribution is 14.0. The Morgan fingerprint density at radius 1 is 1.00 bits per heavy atom. The fourth-order valence-corrected chi connectivity index (χ4v) is 2.74. The number of nitrogens with zero attached hydrogens (tertiary/aromatic N) is 2. The van der Waals surface area contributed by atoms with Crippen LogP contribution in [0.1, 0.15) is 11.1 Å². The summed E-state index contributed by atoms with van der Waals surface area (Å²) in [6.45, 7) is 1.13. The predicted octanol–water partition coefficient (Wildman–Crippen LogP) is 3.68. The molecule has 1 N–H and O–H groups in total. The van der Waals surface area contributed by atoms with E-state index in [-0.39, 0.29) is 29.8 Å². The summed E-state index contributed by atoms with van der Waals surface area (Å²) in [7, 11) is 8.39. The molecule has 0 aliphatic rings. The molecular weight excluding hydrogens is 476 g/mol. The largest absolute Gasteiger partial charge is 0.493 e. The first-order valence-corrected chi connectivity index (χ1v) is 8.47. The zero-order valence-electron chi connectivity index (χ0n) is 16.8. The van der Waals surface area contributed by atoms with E-state index in [1.54, 1.807) is 40.5 Å². The summed E-state index contributed by atoms with van der Waals surface area (Å²) in [6, 6.07) is 10.2. The van der Waals surface area contributed by atoms with Gasteiger partial charge in [-0.3, -0.25) is 4.99 Å². The van der Waals surface area contributed by atoms with Gasteiger partial charge in [-0.05, 0) is 35.4 Å². The van der Waals surface area contributed by atoms with Gasteiger partial charge in [0.1, 0.15) is 5.82 Å². The number of nitrogens with one attached hydrogen (secondary N) is 1. The first-order chi connectivity index (χ1) is 13.0. The van der Waals surface area contributed by atoms with E-state index in [1.165, 1.54) is 12.1 Å². The van der Waals surface area contributed by atoms with Crippen LogP contribution in [0.5, 0.6) is 17.2 Å². The van der Waals surface area contributed by atoms with Gasteiger partial charge in [0.05, 0.1) is 21.3 Å². The Balaban J connectivity index is 0.00000392. The van der Waals surface area contributed by atoms with Gasteiger partial charge in [-0.25, -0.2) is 4.39 Å². The van der Waals surface area contributed by atoms with Gasteiger partial charge in [0.15, 0.2) is 17.5 Å². The number of rotatable bonds is 7. The molecule has 0 saturated heterocycles. The first-order valence-electron chi connectivity index (χ1n) is 8.47. The maximum Gasteiger partial charge on any atom is 0.203 e. The molecule has 0 radical (unpaired) electrons. The number of halogens is 2. The van der Waals surface area contributed by atoms with Crippen LogP contribution in [0.4, 0.5) is 4.39 Å². The predicted molar refractivity (Wildman–Crippen MR) is 120 cm³/mol. The fraction of sp³-hybridized carbons (Fsp3) is 0.350. The van der Waals surface area contributed by atoms with E-state index < -0.39 is 0 Å². The number of guanidine groups is 1. The molecule has 0 fully saturated rings. The average molecular weight is 503 g/mol. The molecule has 0 bridgehead atoms. The molecule has 8 heteroatoms. The normalized spacial score (nSPS) is 10.7. The van der Waals surface area contributed by atoms with Crippen molar-refractivity contribution in [2.45, 2.75) is 13.1 Å². The van der Waals surface area contributed by atoms with Gasteiger partial charge in [-0.1, -0.05) is 12.1 Å². The molecule has 2 aromatic carbocycles. The molecule has 0 saturated carbocycles. The number of methoxy groups -OCH3 is 3. The van der Waals surface area contributed by atoms with Crippen molar-refractivity contribution in [3.63, 3.8) is 0 Å². The molecule has 0 heterocycles. The standard InChI is InChI=1S/C20H26FN3O3.HI/c1-22-20(24(2)13-14-6-8-16(21)9-7-14)23-12-15-10-17(25-3)19(27-5)18(11-15)26-4;/h6-11H,12-13H2,1-5H3,(H,22,23);1H. The molecular formula is C20H27FIN3O3. The molecule has 2 aromatic rings. The zero-order chi connectivity index (χ0) is 19.8. The lowest BCUT2D eigenvalue weighted by molar-refractivity contribution is 0.323. The van der Waals surface area contributed by atoms with Crippen LogP contribution < -0.4 is 19.5 Å². The summed E-state index contributed by atoms with van der Waals surface area (Å²) in [4.78, 5) is 6.27. The molecule has 6 nitrogen and oxygen atoms in total. The topological polar surface area (TPSA) is 55.3 Å². The van der Waals surface area contributed by atoms with E-state index in [0.717, 1.165) is 11.1 Å². The summed E-state index contributed by atoms with van der Waals surface area (Å²) < 4.78 is 29.2. The number of aliphatic imine (C=N–C) groups is 1. The Morgan fingerprint density at radius 3 is 2.04 bits per heavy atom. The second kappa shape index (κ2) is 11.6. The molecule has 28 heavy (non-hydrogen) atoms. The summed E-state index contributed by atoms with van der Waals surface area (Å²) in [6.07, 6.45) is 0. The van der Waals surface area contributed by atoms with Crippen molar-refractivity contribution in [2.24, 2.45) is 4.99 Å². The number of ether oxygens (including phenoxy) is 3. The fourth-order valence-electron chi connectivity index (χ4n) is 2.74. The minimum absolute atomic E-state index is 0. The number of hydrogen-bond acceptors (Lipinski definition) is 4. The van der Waals surface area contributed by atoms with E-state index in [9.17, 15) is 4.39 Å². The lowest BCUT2D eigenvalue weighted by Crippen LogP contribution is -2.38. The molecule has 0 atom stereocenters. The Kier molecular flexibility index (Phi) is 9.84. The molecule has 0 aromatic heterocycles. The van der Waals surface area contributed by atoms with Crippen molar-refractivity contribution < 1.29 is 18.6 Å². The quantitative estimate of drug-likeness (QED) is 0.355. The van der Waals surface area contributed by atoms with E-state index in [0.29, 0.717) is 36.3 Å². The van der Waals surface area contributed by atoms with Gasteiger partial charge in [0.2, 0.25) is 5.75 Å². The van der Waals surface area contributed by atoms with Gasteiger partial charge in [0, 0.05) is 27.2 Å². The Hall–Kier alpha value is -2.23. The molecule has 0 unspecified atom stereocenters. The third-order valence-electron chi connectivity index (χ3n) is 4.08. The summed E-state index contributed by atoms with van der Waals surface area (Å²) >= 11 is 0. The van der Waals surface area contributed by atoms with Crippen LogP contribution in [0.25, 0.3) is 0 Å². The van der Waals surface area contributed by atoms with Crippen molar-refractivity contribution in [1.29, 1.82) is 0 Å². The Bertz CT molecular complexity index is 760. The summed E-state index contributed by atoms with van der Waals surface area (Å²) in [5, 5.41) is 3.31. The van der Waals surface area contributed by atoms with Crippen molar-refractivity contribution in [1.82, 2.24) is 10.2 Å². The second-order valence-corrected chi connectivity index (χ2v) is 5.92. The van der Waals surface area contributed by atoms with Gasteiger partial charge in [-0.2, -0.15) is 0 Å². The Labute approximate surface area is 182 Å². The van der Waals surface area contributed by atoms with Gasteiger partial charge in [0.25, 0.3) is 0 Å². The maximum atomic E-state index is 13.1. The molecule has 0 aliphatic carbocycles. The van der Waals surface area contributed by atoms with E-state index in [2.05, 4.69) is 10.3 Å². The van der Waals surface area contributed by atoms with Crippen molar-refractivity contribution in [2.75, 3.05) is 35.4 Å². The highest BCUT2D eigenvalue weighted by Crippen LogP contribution is 2.38. The van der Waals surface area contributed by atoms with Gasteiger partial charge >= 0.3 is 0 Å². The van der Waals surface area contributed by atoms with E-state index in [4.69, 9.17) is 14.2 Å². The molecule has 0 aliphatic heterocycles. The van der Waals surface area contributed by atoms with Crippen molar-refractivity contribution in [3.05, 3.63) is 53.3 Å². The van der Waals surface area contributed by atoms with Crippen LogP contribution in [0.15, 0.2) is 41.4 Å². The van der Waals surface area contributed by atoms with Gasteiger partial charge < -0.3 is 24.4 Å². The second-order valence-electron chi connectivity index (χ2n) is 5.92. The first kappa shape index (κ1) is 23.8. The monoisotopic (exact) mass is 503 g/mol. The summed E-state index contributed by atoms with van der Waals surface area (Å²) in [5.74, 6) is 2.23. The number of benzene rings is 2. The average Bonchev–Trinajstić information content (AvgIpc) is 2.69. The summed E-state index contributed by atoms with van der Waals surface area (Å²) in [5.41, 5.74) is 1.95. The van der Waals surface area contributed by atoms with E-state index in [1.807, 2.05) is 24.1 Å². The molecule has 0 spiro atoms. The SMILES string of the molecule is CN=C(NCc1cc(OC)c(OC)c(OC)c1)N(C)Cc1ccc(F)cc1.I. The van der Waals surface area contributed by atoms with Crippen LogP contribution in [-0.2, 0) is 13.1 Å². The minimum atomic E-state index is -0.244. The van der Waals surface area contributed by atoms with Gasteiger partial charge in [-0.15, -0.1) is 24.0 Å². The van der Waals surface area contributed by atoms with Crippen molar-refractivity contribution >= 4 is 29.9 Å². The minimum Gasteiger partial charge on any atom is -0.493 e. The Morgan fingerprint density at radius 2 is 1.57 bits per heavy atom. The highest BCUT2D eigenvalue weighted by atomic mass is 127. The molecule has 0 amide bonds. The molecule has 154 valence electrons. The highest BCUT2D eigenvalue weighted by Gasteiger charge is 2.14. The van der Waals surface area contributed by atoms with Crippen LogP contribution in [0.2, 0.25) is 0 Å². The third kappa shape index (κ3) is 6.15. The lowest BCUT2D eigenvalue weighted by Gasteiger charge is -2.22. The zero-order valence-corrected chi connectivity index (χ0v) is 19.1.